The van der Waals surface area contributed by atoms with Crippen molar-refractivity contribution in [2.75, 3.05) is 31.6 Å². The SMILES string of the molecule is CN1C(=O)N(c2ccccc2)C(=O)CC1CN1CCC(Cc2cc(Cl)ccc2Cl)CC1. The highest BCUT2D eigenvalue weighted by Crippen LogP contribution is 2.29. The maximum absolute atomic E-state index is 12.9. The molecule has 5 nitrogen and oxygen atoms in total. The number of nitrogens with zero attached hydrogens (tertiary/aromatic N) is 3. The van der Waals surface area contributed by atoms with Gasteiger partial charge in [-0.3, -0.25) is 4.79 Å². The summed E-state index contributed by atoms with van der Waals surface area (Å²) in [6.07, 6.45) is 3.41. The second-order valence-corrected chi connectivity index (χ2v) is 9.34. The molecule has 0 spiro atoms. The Bertz CT molecular complexity index is 945. The van der Waals surface area contributed by atoms with Crippen LogP contribution >= 0.6 is 23.2 Å². The molecule has 4 rings (SSSR count). The van der Waals surface area contributed by atoms with Crippen LogP contribution in [0.5, 0.6) is 0 Å². The van der Waals surface area contributed by atoms with Gasteiger partial charge in [0.25, 0.3) is 0 Å². The highest BCUT2D eigenvalue weighted by atomic mass is 35.5. The Hall–Kier alpha value is -2.08. The van der Waals surface area contributed by atoms with Gasteiger partial charge in [-0.25, -0.2) is 9.69 Å². The number of amides is 3. The van der Waals surface area contributed by atoms with Crippen molar-refractivity contribution in [2.24, 2.45) is 5.92 Å². The highest BCUT2D eigenvalue weighted by molar-refractivity contribution is 6.33. The summed E-state index contributed by atoms with van der Waals surface area (Å²) < 4.78 is 0. The molecule has 2 aliphatic rings. The molecule has 0 saturated carbocycles. The second-order valence-electron chi connectivity index (χ2n) is 8.50. The number of hydrogen-bond acceptors (Lipinski definition) is 3. The number of hydrogen-bond donors (Lipinski definition) is 0. The molecule has 7 heteroatoms. The first-order valence-corrected chi connectivity index (χ1v) is 11.5. The number of carbonyl (C=O) groups excluding carboxylic acids is 2. The van der Waals surface area contributed by atoms with Crippen LogP contribution < -0.4 is 4.90 Å². The van der Waals surface area contributed by atoms with Crippen LogP contribution in [-0.2, 0) is 11.2 Å². The van der Waals surface area contributed by atoms with Crippen molar-refractivity contribution < 1.29 is 9.59 Å². The minimum Gasteiger partial charge on any atom is -0.322 e. The van der Waals surface area contributed by atoms with Gasteiger partial charge in [0, 0.05) is 30.1 Å². The number of para-hydroxylation sites is 1. The van der Waals surface area contributed by atoms with Crippen LogP contribution in [0.3, 0.4) is 0 Å². The molecular formula is C24H27Cl2N3O2. The lowest BCUT2D eigenvalue weighted by molar-refractivity contribution is -0.120. The zero-order valence-corrected chi connectivity index (χ0v) is 19.1. The quantitative estimate of drug-likeness (QED) is 0.623. The molecule has 2 aliphatic heterocycles. The first-order valence-electron chi connectivity index (χ1n) is 10.7. The third-order valence-corrected chi connectivity index (χ3v) is 7.01. The van der Waals surface area contributed by atoms with Crippen LogP contribution in [0.15, 0.2) is 48.5 Å². The fraction of sp³-hybridized carbons (Fsp3) is 0.417. The second kappa shape index (κ2) is 9.60. The zero-order valence-electron chi connectivity index (χ0n) is 17.6. The fourth-order valence-corrected chi connectivity index (χ4v) is 4.94. The Balaban J connectivity index is 1.32. The molecule has 0 N–H and O–H groups in total. The molecule has 2 fully saturated rings. The molecule has 2 aromatic carbocycles. The van der Waals surface area contributed by atoms with Crippen molar-refractivity contribution in [1.29, 1.82) is 0 Å². The van der Waals surface area contributed by atoms with Crippen molar-refractivity contribution in [1.82, 2.24) is 9.80 Å². The van der Waals surface area contributed by atoms with Crippen LogP contribution in [0.25, 0.3) is 0 Å². The third-order valence-electron chi connectivity index (χ3n) is 6.41. The molecule has 1 atom stereocenters. The molecule has 0 bridgehead atoms. The van der Waals surface area contributed by atoms with Gasteiger partial charge in [-0.15, -0.1) is 0 Å². The number of halogens is 2. The van der Waals surface area contributed by atoms with Crippen LogP contribution in [0.4, 0.5) is 10.5 Å². The van der Waals surface area contributed by atoms with Gasteiger partial charge in [-0.2, -0.15) is 0 Å². The van der Waals surface area contributed by atoms with Crippen molar-refractivity contribution in [3.8, 4) is 0 Å². The predicted octanol–water partition coefficient (Wildman–Crippen LogP) is 5.11. The van der Waals surface area contributed by atoms with E-state index in [4.69, 9.17) is 23.2 Å². The molecular weight excluding hydrogens is 433 g/mol. The molecule has 31 heavy (non-hydrogen) atoms. The molecule has 3 amide bonds. The number of imide groups is 1. The van der Waals surface area contributed by atoms with Gasteiger partial charge in [-0.1, -0.05) is 41.4 Å². The lowest BCUT2D eigenvalue weighted by atomic mass is 9.90. The minimum atomic E-state index is -0.252. The minimum absolute atomic E-state index is 0.0983. The molecule has 1 unspecified atom stereocenters. The van der Waals surface area contributed by atoms with E-state index in [-0.39, 0.29) is 18.0 Å². The summed E-state index contributed by atoms with van der Waals surface area (Å²) >= 11 is 12.5. The average molecular weight is 460 g/mol. The van der Waals surface area contributed by atoms with Crippen LogP contribution in [0.2, 0.25) is 10.0 Å². The number of benzene rings is 2. The van der Waals surface area contributed by atoms with E-state index in [2.05, 4.69) is 4.90 Å². The number of anilines is 1. The van der Waals surface area contributed by atoms with Gasteiger partial charge < -0.3 is 9.80 Å². The third kappa shape index (κ3) is 5.05. The first-order chi connectivity index (χ1) is 14.9. The zero-order chi connectivity index (χ0) is 22.0. The van der Waals surface area contributed by atoms with E-state index < -0.39 is 0 Å². The van der Waals surface area contributed by atoms with E-state index in [9.17, 15) is 9.59 Å². The smallest absolute Gasteiger partial charge is 0.322 e. The van der Waals surface area contributed by atoms with E-state index in [1.54, 1.807) is 24.1 Å². The maximum Gasteiger partial charge on any atom is 0.331 e. The Kier molecular flexibility index (Phi) is 6.85. The number of rotatable bonds is 5. The van der Waals surface area contributed by atoms with Gasteiger partial charge in [0.2, 0.25) is 5.91 Å². The maximum atomic E-state index is 12.9. The highest BCUT2D eigenvalue weighted by Gasteiger charge is 2.38. The molecule has 2 aromatic rings. The molecule has 164 valence electrons. The predicted molar refractivity (Wildman–Crippen MR) is 125 cm³/mol. The standard InChI is InChI=1S/C24H27Cl2N3O2/c1-27-21(15-23(30)29(24(27)31)20-5-3-2-4-6-20)16-28-11-9-17(10-12-28)13-18-14-19(25)7-8-22(18)26/h2-8,14,17,21H,9-13,15-16H2,1H3. The van der Waals surface area contributed by atoms with Crippen molar-refractivity contribution >= 4 is 40.8 Å². The molecule has 2 saturated heterocycles. The van der Waals surface area contributed by atoms with Gasteiger partial charge in [0.1, 0.15) is 0 Å². The fourth-order valence-electron chi connectivity index (χ4n) is 4.55. The number of piperidine rings is 1. The van der Waals surface area contributed by atoms with Gasteiger partial charge in [-0.05, 0) is 74.2 Å². The Labute approximate surface area is 193 Å². The molecule has 0 aliphatic carbocycles. The average Bonchev–Trinajstić information content (AvgIpc) is 2.76. The Morgan fingerprint density at radius 2 is 1.71 bits per heavy atom. The van der Waals surface area contributed by atoms with Crippen LogP contribution in [0.1, 0.15) is 24.8 Å². The van der Waals surface area contributed by atoms with E-state index in [0.717, 1.165) is 54.5 Å². The van der Waals surface area contributed by atoms with Crippen molar-refractivity contribution in [3.63, 3.8) is 0 Å². The van der Waals surface area contributed by atoms with Crippen molar-refractivity contribution in [2.45, 2.75) is 31.7 Å². The number of urea groups is 1. The monoisotopic (exact) mass is 459 g/mol. The summed E-state index contributed by atoms with van der Waals surface area (Å²) in [5.74, 6) is 0.429. The van der Waals surface area contributed by atoms with E-state index >= 15 is 0 Å². The van der Waals surface area contributed by atoms with Gasteiger partial charge in [0.05, 0.1) is 11.7 Å². The molecule has 0 radical (unpaired) electrons. The van der Waals surface area contributed by atoms with E-state index in [1.807, 2.05) is 36.4 Å². The number of likely N-dealkylation sites (tertiary alicyclic amines) is 1. The normalized spacial score (nSPS) is 21.1. The van der Waals surface area contributed by atoms with E-state index in [0.29, 0.717) is 18.0 Å². The Morgan fingerprint density at radius 1 is 1.00 bits per heavy atom. The van der Waals surface area contributed by atoms with Crippen molar-refractivity contribution in [3.05, 3.63) is 64.1 Å². The summed E-state index contributed by atoms with van der Waals surface area (Å²) in [4.78, 5) is 31.0. The summed E-state index contributed by atoms with van der Waals surface area (Å²) in [5, 5.41) is 1.49. The number of likely N-dealkylation sites (N-methyl/N-ethyl adjacent to an activating group) is 1. The van der Waals surface area contributed by atoms with E-state index in [1.165, 1.54) is 4.90 Å². The van der Waals surface area contributed by atoms with Crippen LogP contribution in [0, 0.1) is 5.92 Å². The summed E-state index contributed by atoms with van der Waals surface area (Å²) in [5.41, 5.74) is 1.74. The molecule has 0 aromatic heterocycles. The largest absolute Gasteiger partial charge is 0.331 e. The van der Waals surface area contributed by atoms with Crippen LogP contribution in [-0.4, -0.2) is 54.5 Å². The Morgan fingerprint density at radius 3 is 2.42 bits per heavy atom. The van der Waals surface area contributed by atoms with Gasteiger partial charge in [0.15, 0.2) is 0 Å². The molecule has 2 heterocycles. The first kappa shape index (κ1) is 22.1. The summed E-state index contributed by atoms with van der Waals surface area (Å²) in [6.45, 7) is 2.64. The lowest BCUT2D eigenvalue weighted by Crippen LogP contribution is -2.58. The summed E-state index contributed by atoms with van der Waals surface area (Å²) in [6, 6.07) is 14.4. The number of carbonyl (C=O) groups is 2. The van der Waals surface area contributed by atoms with Gasteiger partial charge >= 0.3 is 6.03 Å². The topological polar surface area (TPSA) is 43.9 Å². The summed E-state index contributed by atoms with van der Waals surface area (Å²) in [7, 11) is 1.79. The lowest BCUT2D eigenvalue weighted by Gasteiger charge is -2.41.